The van der Waals surface area contributed by atoms with E-state index in [0.29, 0.717) is 12.1 Å². The highest BCUT2D eigenvalue weighted by atomic mass is 16.5. The average Bonchev–Trinajstić information content (AvgIpc) is 2.46. The fraction of sp³-hybridized carbons (Fsp3) is 0.471. The van der Waals surface area contributed by atoms with Crippen molar-refractivity contribution in [2.45, 2.75) is 39.0 Å². The zero-order valence-corrected chi connectivity index (χ0v) is 12.4. The molecule has 2 unspecified atom stereocenters. The standard InChI is InChI=1S/C17H22N2O/c1-17(2)15(9-16(17)20-3)19-11-13-6-4-5-12-10-18-8-7-14(12)13/h4-8,10,15-16,19H,9,11H2,1-3H3. The maximum atomic E-state index is 5.51. The van der Waals surface area contributed by atoms with Crippen molar-refractivity contribution in [3.05, 3.63) is 42.2 Å². The van der Waals surface area contributed by atoms with Gasteiger partial charge in [-0.15, -0.1) is 0 Å². The van der Waals surface area contributed by atoms with E-state index < -0.39 is 0 Å². The SMILES string of the molecule is COC1CC(NCc2cccc3cnccc23)C1(C)C. The lowest BCUT2D eigenvalue weighted by Gasteiger charge is -2.51. The van der Waals surface area contributed by atoms with Crippen molar-refractivity contribution >= 4 is 10.8 Å². The topological polar surface area (TPSA) is 34.1 Å². The van der Waals surface area contributed by atoms with Gasteiger partial charge in [-0.2, -0.15) is 0 Å². The fourth-order valence-corrected chi connectivity index (χ4v) is 3.21. The molecule has 3 rings (SSSR count). The molecule has 3 heteroatoms. The number of hydrogen-bond acceptors (Lipinski definition) is 3. The Kier molecular flexibility index (Phi) is 3.48. The maximum absolute atomic E-state index is 5.51. The van der Waals surface area contributed by atoms with Crippen LogP contribution in [0.2, 0.25) is 0 Å². The molecule has 1 heterocycles. The highest BCUT2D eigenvalue weighted by Gasteiger charge is 2.48. The molecule has 1 aromatic heterocycles. The zero-order valence-electron chi connectivity index (χ0n) is 12.4. The van der Waals surface area contributed by atoms with Crippen molar-refractivity contribution in [1.29, 1.82) is 0 Å². The molecule has 0 aliphatic heterocycles. The summed E-state index contributed by atoms with van der Waals surface area (Å²) in [6, 6.07) is 9.01. The Hall–Kier alpha value is -1.45. The summed E-state index contributed by atoms with van der Waals surface area (Å²) in [6.45, 7) is 5.44. The Morgan fingerprint density at radius 2 is 2.20 bits per heavy atom. The molecule has 1 fully saturated rings. The van der Waals surface area contributed by atoms with Crippen LogP contribution in [-0.4, -0.2) is 24.2 Å². The predicted octanol–water partition coefficient (Wildman–Crippen LogP) is 3.14. The zero-order chi connectivity index (χ0) is 14.2. The molecule has 0 saturated heterocycles. The van der Waals surface area contributed by atoms with Gasteiger partial charge in [0.2, 0.25) is 0 Å². The van der Waals surface area contributed by atoms with Gasteiger partial charge in [-0.1, -0.05) is 32.0 Å². The molecule has 1 N–H and O–H groups in total. The molecule has 1 aromatic carbocycles. The lowest BCUT2D eigenvalue weighted by atomic mass is 9.64. The van der Waals surface area contributed by atoms with Crippen LogP contribution in [-0.2, 0) is 11.3 Å². The minimum atomic E-state index is 0.209. The molecule has 2 aromatic rings. The van der Waals surface area contributed by atoms with Crippen LogP contribution in [0.4, 0.5) is 0 Å². The van der Waals surface area contributed by atoms with Gasteiger partial charge in [0.25, 0.3) is 0 Å². The first-order chi connectivity index (χ1) is 9.63. The molecule has 20 heavy (non-hydrogen) atoms. The minimum absolute atomic E-state index is 0.209. The molecule has 1 saturated carbocycles. The van der Waals surface area contributed by atoms with Crippen molar-refractivity contribution < 1.29 is 4.74 Å². The first kappa shape index (κ1) is 13.5. The second kappa shape index (κ2) is 5.15. The van der Waals surface area contributed by atoms with Gasteiger partial charge in [-0.25, -0.2) is 0 Å². The van der Waals surface area contributed by atoms with Crippen LogP contribution in [0.5, 0.6) is 0 Å². The van der Waals surface area contributed by atoms with Crippen LogP contribution in [0.15, 0.2) is 36.7 Å². The smallest absolute Gasteiger partial charge is 0.0652 e. The van der Waals surface area contributed by atoms with E-state index in [1.165, 1.54) is 16.3 Å². The summed E-state index contributed by atoms with van der Waals surface area (Å²) in [5.41, 5.74) is 1.54. The number of hydrogen-bond donors (Lipinski definition) is 1. The summed E-state index contributed by atoms with van der Waals surface area (Å²) < 4.78 is 5.51. The maximum Gasteiger partial charge on any atom is 0.0652 e. The van der Waals surface area contributed by atoms with Gasteiger partial charge in [0.1, 0.15) is 0 Å². The fourth-order valence-electron chi connectivity index (χ4n) is 3.21. The summed E-state index contributed by atoms with van der Waals surface area (Å²) >= 11 is 0. The van der Waals surface area contributed by atoms with E-state index in [9.17, 15) is 0 Å². The predicted molar refractivity (Wildman–Crippen MR) is 81.6 cm³/mol. The number of methoxy groups -OCH3 is 1. The molecule has 0 spiro atoms. The lowest BCUT2D eigenvalue weighted by Crippen LogP contribution is -2.60. The van der Waals surface area contributed by atoms with E-state index in [2.05, 4.69) is 48.4 Å². The van der Waals surface area contributed by atoms with Crippen LogP contribution >= 0.6 is 0 Å². The Balaban J connectivity index is 1.72. The molecule has 1 aliphatic carbocycles. The van der Waals surface area contributed by atoms with Gasteiger partial charge in [0.05, 0.1) is 6.10 Å². The van der Waals surface area contributed by atoms with Crippen molar-refractivity contribution in [3.8, 4) is 0 Å². The third-order valence-electron chi connectivity index (χ3n) is 4.77. The Labute approximate surface area is 120 Å². The summed E-state index contributed by atoms with van der Waals surface area (Å²) in [5, 5.41) is 6.17. The number of benzene rings is 1. The molecule has 106 valence electrons. The van der Waals surface area contributed by atoms with E-state index in [-0.39, 0.29) is 5.41 Å². The first-order valence-electron chi connectivity index (χ1n) is 7.20. The van der Waals surface area contributed by atoms with Gasteiger partial charge in [0.15, 0.2) is 0 Å². The van der Waals surface area contributed by atoms with Gasteiger partial charge in [-0.3, -0.25) is 4.98 Å². The summed E-state index contributed by atoms with van der Waals surface area (Å²) in [4.78, 5) is 4.18. The van der Waals surface area contributed by atoms with Gasteiger partial charge in [0, 0.05) is 42.9 Å². The van der Waals surface area contributed by atoms with Gasteiger partial charge >= 0.3 is 0 Å². The second-order valence-electron chi connectivity index (χ2n) is 6.23. The summed E-state index contributed by atoms with van der Waals surface area (Å²) in [5.74, 6) is 0. The summed E-state index contributed by atoms with van der Waals surface area (Å²) in [7, 11) is 1.81. The number of aromatic nitrogens is 1. The van der Waals surface area contributed by atoms with E-state index in [1.807, 2.05) is 12.4 Å². The normalized spacial score (nSPS) is 24.6. The van der Waals surface area contributed by atoms with E-state index in [1.54, 1.807) is 7.11 Å². The third-order valence-corrected chi connectivity index (χ3v) is 4.77. The van der Waals surface area contributed by atoms with Crippen LogP contribution < -0.4 is 5.32 Å². The number of pyridine rings is 1. The monoisotopic (exact) mass is 270 g/mol. The lowest BCUT2D eigenvalue weighted by molar-refractivity contribution is -0.0978. The van der Waals surface area contributed by atoms with Crippen molar-refractivity contribution in [2.24, 2.45) is 5.41 Å². The Morgan fingerprint density at radius 3 is 2.95 bits per heavy atom. The highest BCUT2D eigenvalue weighted by molar-refractivity contribution is 5.84. The molecule has 0 bridgehead atoms. The van der Waals surface area contributed by atoms with Crippen LogP contribution in [0.25, 0.3) is 10.8 Å². The number of ether oxygens (including phenoxy) is 1. The van der Waals surface area contributed by atoms with Crippen LogP contribution in [0.3, 0.4) is 0 Å². The van der Waals surface area contributed by atoms with Crippen molar-refractivity contribution in [3.63, 3.8) is 0 Å². The van der Waals surface area contributed by atoms with E-state index >= 15 is 0 Å². The van der Waals surface area contributed by atoms with E-state index in [4.69, 9.17) is 4.74 Å². The molecule has 0 radical (unpaired) electrons. The van der Waals surface area contributed by atoms with Crippen LogP contribution in [0, 0.1) is 5.41 Å². The first-order valence-corrected chi connectivity index (χ1v) is 7.20. The molecule has 3 nitrogen and oxygen atoms in total. The molecular weight excluding hydrogens is 248 g/mol. The largest absolute Gasteiger partial charge is 0.381 e. The van der Waals surface area contributed by atoms with E-state index in [0.717, 1.165) is 13.0 Å². The second-order valence-corrected chi connectivity index (χ2v) is 6.23. The minimum Gasteiger partial charge on any atom is -0.381 e. The molecule has 1 aliphatic rings. The third kappa shape index (κ3) is 2.21. The Morgan fingerprint density at radius 1 is 1.35 bits per heavy atom. The quantitative estimate of drug-likeness (QED) is 0.926. The number of rotatable bonds is 4. The van der Waals surface area contributed by atoms with Gasteiger partial charge < -0.3 is 10.1 Å². The molecule has 2 atom stereocenters. The number of nitrogens with one attached hydrogen (secondary N) is 1. The van der Waals surface area contributed by atoms with Crippen molar-refractivity contribution in [2.75, 3.05) is 7.11 Å². The average molecular weight is 270 g/mol. The van der Waals surface area contributed by atoms with Crippen molar-refractivity contribution in [1.82, 2.24) is 10.3 Å². The summed E-state index contributed by atoms with van der Waals surface area (Å²) in [6.07, 6.45) is 5.25. The molecule has 0 amide bonds. The highest BCUT2D eigenvalue weighted by Crippen LogP contribution is 2.42. The molecular formula is C17H22N2O. The van der Waals surface area contributed by atoms with Crippen LogP contribution in [0.1, 0.15) is 25.8 Å². The number of fused-ring (bicyclic) bond motifs is 1. The Bertz CT molecular complexity index is 603. The van der Waals surface area contributed by atoms with Gasteiger partial charge in [-0.05, 0) is 23.4 Å². The number of nitrogens with zero attached hydrogens (tertiary/aromatic N) is 1.